The van der Waals surface area contributed by atoms with Crippen LogP contribution in [0.5, 0.6) is 0 Å². The van der Waals surface area contributed by atoms with E-state index >= 15 is 0 Å². The first kappa shape index (κ1) is 33.3. The van der Waals surface area contributed by atoms with Crippen LogP contribution in [0.2, 0.25) is 5.02 Å². The van der Waals surface area contributed by atoms with Gasteiger partial charge in [-0.3, -0.25) is 9.59 Å². The van der Waals surface area contributed by atoms with Crippen molar-refractivity contribution in [3.63, 3.8) is 0 Å². The summed E-state index contributed by atoms with van der Waals surface area (Å²) in [7, 11) is 0. The maximum Gasteiger partial charge on any atom is 0.416 e. The van der Waals surface area contributed by atoms with E-state index in [1.54, 1.807) is 42.0 Å². The number of amides is 2. The van der Waals surface area contributed by atoms with E-state index in [2.05, 4.69) is 10.4 Å². The number of rotatable bonds is 4. The monoisotopic (exact) mass is 694 g/mol. The molecule has 6 rings (SSSR count). The quantitative estimate of drug-likeness (QED) is 0.351. The van der Waals surface area contributed by atoms with Crippen molar-refractivity contribution in [2.24, 2.45) is 0 Å². The van der Waals surface area contributed by atoms with E-state index in [0.29, 0.717) is 62.6 Å². The van der Waals surface area contributed by atoms with Crippen molar-refractivity contribution in [1.29, 1.82) is 0 Å². The summed E-state index contributed by atoms with van der Waals surface area (Å²) in [5, 5.41) is 6.71. The predicted molar refractivity (Wildman–Crippen MR) is 170 cm³/mol. The summed E-state index contributed by atoms with van der Waals surface area (Å²) in [6, 6.07) is 2.70. The lowest BCUT2D eigenvalue weighted by Crippen LogP contribution is -2.47. The Morgan fingerprint density at radius 3 is 2.55 bits per heavy atom. The minimum Gasteiger partial charge on any atom is -0.444 e. The van der Waals surface area contributed by atoms with Gasteiger partial charge in [-0.2, -0.15) is 22.7 Å². The van der Waals surface area contributed by atoms with E-state index in [4.69, 9.17) is 26.1 Å². The van der Waals surface area contributed by atoms with Crippen LogP contribution in [-0.4, -0.2) is 68.0 Å². The molecule has 1 aromatic carbocycles. The minimum absolute atomic E-state index is 0.0151. The molecule has 1 saturated heterocycles. The number of nitrogens with zero attached hydrogens (tertiary/aromatic N) is 5. The summed E-state index contributed by atoms with van der Waals surface area (Å²) < 4.78 is 52.8. The average Bonchev–Trinajstić information content (AvgIpc) is 3.56. The first-order chi connectivity index (χ1) is 22.1. The van der Waals surface area contributed by atoms with Crippen LogP contribution in [-0.2, 0) is 31.7 Å². The molecule has 1 N–H and O–H groups in total. The van der Waals surface area contributed by atoms with E-state index in [9.17, 15) is 27.6 Å². The van der Waals surface area contributed by atoms with Gasteiger partial charge in [0.05, 0.1) is 39.8 Å². The molecule has 16 heteroatoms. The van der Waals surface area contributed by atoms with E-state index < -0.39 is 34.1 Å². The largest absolute Gasteiger partial charge is 0.444 e. The molecule has 1 spiro atoms. The number of fused-ring (bicyclic) bond motifs is 3. The van der Waals surface area contributed by atoms with Crippen LogP contribution in [0.4, 0.5) is 23.7 Å². The molecular weight excluding hydrogens is 661 g/mol. The highest BCUT2D eigenvalue weighted by Crippen LogP contribution is 2.58. The average molecular weight is 695 g/mol. The molecule has 47 heavy (non-hydrogen) atoms. The van der Waals surface area contributed by atoms with E-state index in [-0.39, 0.29) is 33.8 Å². The zero-order valence-electron chi connectivity index (χ0n) is 26.2. The molecule has 0 bridgehead atoms. The number of benzene rings is 1. The minimum atomic E-state index is -4.59. The van der Waals surface area contributed by atoms with Gasteiger partial charge in [0.2, 0.25) is 11.7 Å². The lowest BCUT2D eigenvalue weighted by atomic mass is 9.87. The number of anilines is 1. The molecule has 5 heterocycles. The van der Waals surface area contributed by atoms with Gasteiger partial charge in [0, 0.05) is 24.0 Å². The molecule has 3 aliphatic rings. The maximum absolute atomic E-state index is 14.3. The number of alkyl halides is 3. The molecule has 2 aromatic heterocycles. The van der Waals surface area contributed by atoms with Gasteiger partial charge in [0.15, 0.2) is 5.82 Å². The van der Waals surface area contributed by atoms with Crippen molar-refractivity contribution < 1.29 is 32.2 Å². The van der Waals surface area contributed by atoms with Gasteiger partial charge < -0.3 is 24.3 Å². The highest BCUT2D eigenvalue weighted by molar-refractivity contribution is 8.00. The highest BCUT2D eigenvalue weighted by atomic mass is 35.5. The van der Waals surface area contributed by atoms with Gasteiger partial charge in [-0.05, 0) is 70.7 Å². The van der Waals surface area contributed by atoms with Crippen molar-refractivity contribution in [3.05, 3.63) is 62.3 Å². The first-order valence-electron chi connectivity index (χ1n) is 15.2. The maximum atomic E-state index is 14.3. The Balaban J connectivity index is 1.39. The number of carbonyl (C=O) groups is 2. The molecule has 3 aliphatic heterocycles. The van der Waals surface area contributed by atoms with Crippen LogP contribution < -0.4 is 10.9 Å². The molecule has 0 radical (unpaired) electrons. The molecule has 1 unspecified atom stereocenters. The Morgan fingerprint density at radius 2 is 1.94 bits per heavy atom. The standard InChI is InChI=1S/C31H34ClF3N6O5S/c1-17-24-23(30(47-17)9-11-39(12-10-30)28(44)46-29(2,3)4)26(43)41-27(37-25(38-41)18-7-13-45-14-8-18)40(24)16-22(42)36-21-6-5-19(15-20(21)32)31(33,34)35/h5-7,15,17H,8-14,16H2,1-4H3,(H,36,42). The number of piperidine rings is 1. The number of aromatic nitrogens is 4. The molecular formula is C31H34ClF3N6O5S. The zero-order chi connectivity index (χ0) is 33.9. The van der Waals surface area contributed by atoms with Crippen LogP contribution in [0.1, 0.15) is 74.9 Å². The van der Waals surface area contributed by atoms with Gasteiger partial charge in [-0.15, -0.1) is 16.9 Å². The normalized spacial score (nSPS) is 19.5. The number of ether oxygens (including phenoxy) is 2. The summed E-state index contributed by atoms with van der Waals surface area (Å²) >= 11 is 7.73. The lowest BCUT2D eigenvalue weighted by molar-refractivity contribution is -0.137. The van der Waals surface area contributed by atoms with Crippen LogP contribution >= 0.6 is 23.4 Å². The Morgan fingerprint density at radius 1 is 1.21 bits per heavy atom. The third-order valence-electron chi connectivity index (χ3n) is 8.37. The van der Waals surface area contributed by atoms with Crippen molar-refractivity contribution in [2.45, 2.75) is 75.3 Å². The van der Waals surface area contributed by atoms with Gasteiger partial charge in [0.1, 0.15) is 12.1 Å². The van der Waals surface area contributed by atoms with E-state index in [1.807, 2.05) is 13.0 Å². The molecule has 1 fully saturated rings. The molecule has 2 amide bonds. The molecule has 252 valence electrons. The predicted octanol–water partition coefficient (Wildman–Crippen LogP) is 6.04. The van der Waals surface area contributed by atoms with Crippen LogP contribution in [0.3, 0.4) is 0 Å². The summed E-state index contributed by atoms with van der Waals surface area (Å²) in [5.74, 6) is -0.0595. The van der Waals surface area contributed by atoms with E-state index in [1.165, 1.54) is 4.52 Å². The Hall–Kier alpha value is -3.56. The van der Waals surface area contributed by atoms with Gasteiger partial charge >= 0.3 is 12.3 Å². The van der Waals surface area contributed by atoms with Crippen molar-refractivity contribution in [2.75, 3.05) is 31.6 Å². The Labute approximate surface area is 277 Å². The molecule has 3 aromatic rings. The van der Waals surface area contributed by atoms with Crippen molar-refractivity contribution >= 4 is 52.4 Å². The SMILES string of the molecule is CC1SC2(CCN(C(=O)OC(C)(C)C)CC2)c2c1n(CC(=O)Nc1ccc(C(F)(F)F)cc1Cl)c1nc(C3=CCOCC3)nn1c2=O. The van der Waals surface area contributed by atoms with Crippen LogP contribution in [0.15, 0.2) is 29.1 Å². The molecule has 0 aliphatic carbocycles. The number of nitrogens with one attached hydrogen (secondary N) is 1. The van der Waals surface area contributed by atoms with Crippen LogP contribution in [0, 0.1) is 0 Å². The topological polar surface area (TPSA) is 120 Å². The number of hydrogen-bond acceptors (Lipinski definition) is 8. The van der Waals surface area contributed by atoms with Gasteiger partial charge in [0.25, 0.3) is 5.56 Å². The number of carbonyl (C=O) groups excluding carboxylic acids is 2. The summed E-state index contributed by atoms with van der Waals surface area (Å²) in [6.45, 7) is 8.65. The fraction of sp³-hybridized carbons (Fsp3) is 0.516. The number of thioether (sulfide) groups is 1. The number of hydrogen-bond donors (Lipinski definition) is 1. The van der Waals surface area contributed by atoms with Crippen molar-refractivity contribution in [1.82, 2.24) is 24.1 Å². The smallest absolute Gasteiger partial charge is 0.416 e. The van der Waals surface area contributed by atoms with Gasteiger partial charge in [-0.25, -0.2) is 4.79 Å². The molecule has 0 saturated carbocycles. The lowest BCUT2D eigenvalue weighted by Gasteiger charge is -2.39. The Bertz CT molecular complexity index is 1840. The van der Waals surface area contributed by atoms with Gasteiger partial charge in [-0.1, -0.05) is 17.7 Å². The molecule has 1 atom stereocenters. The first-order valence-corrected chi connectivity index (χ1v) is 16.5. The highest BCUT2D eigenvalue weighted by Gasteiger charge is 2.50. The van der Waals surface area contributed by atoms with Crippen molar-refractivity contribution in [3.8, 4) is 0 Å². The zero-order valence-corrected chi connectivity index (χ0v) is 27.8. The Kier molecular flexibility index (Phi) is 8.62. The summed E-state index contributed by atoms with van der Waals surface area (Å²) in [6.07, 6.45) is -1.65. The second kappa shape index (κ2) is 12.2. The number of likely N-dealkylation sites (tertiary alicyclic amines) is 1. The number of halogens is 4. The van der Waals surface area contributed by atoms with Crippen LogP contribution in [0.25, 0.3) is 11.4 Å². The third-order valence-corrected chi connectivity index (χ3v) is 10.3. The fourth-order valence-electron chi connectivity index (χ4n) is 6.27. The molecule has 11 nitrogen and oxygen atoms in total. The second-order valence-electron chi connectivity index (χ2n) is 12.8. The fourth-order valence-corrected chi connectivity index (χ4v) is 8.26. The summed E-state index contributed by atoms with van der Waals surface area (Å²) in [4.78, 5) is 47.0. The van der Waals surface area contributed by atoms with E-state index in [0.717, 1.165) is 23.8 Å². The third kappa shape index (κ3) is 6.49. The summed E-state index contributed by atoms with van der Waals surface area (Å²) in [5.41, 5.74) is 0.0242. The second-order valence-corrected chi connectivity index (χ2v) is 14.9.